The van der Waals surface area contributed by atoms with Crippen LogP contribution in [0.15, 0.2) is 38.8 Å². The van der Waals surface area contributed by atoms with Gasteiger partial charge in [-0.3, -0.25) is 18.5 Å². The number of hydrogen-bond donors (Lipinski definition) is 2. The second kappa shape index (κ2) is 7.88. The number of hydrogen-bond acceptors (Lipinski definition) is 5. The Labute approximate surface area is 191 Å². The summed E-state index contributed by atoms with van der Waals surface area (Å²) in [6.07, 6.45) is 0. The fraction of sp³-hybridized carbons (Fsp3) is 0.267. The van der Waals surface area contributed by atoms with E-state index in [1.165, 1.54) is 22.8 Å². The Hall–Kier alpha value is -1.08. The van der Waals surface area contributed by atoms with Gasteiger partial charge in [0, 0.05) is 70.0 Å². The molecule has 26 heavy (non-hydrogen) atoms. The Kier molecular flexibility index (Phi) is 6.43. The molecule has 0 saturated carbocycles. The second-order valence-electron chi connectivity index (χ2n) is 5.36. The van der Waals surface area contributed by atoms with E-state index in [0.29, 0.717) is 12.1 Å². The summed E-state index contributed by atoms with van der Waals surface area (Å²) in [5.74, 6) is 0.230. The van der Waals surface area contributed by atoms with Gasteiger partial charge in [-0.15, -0.1) is 0 Å². The van der Waals surface area contributed by atoms with Crippen molar-refractivity contribution in [2.24, 2.45) is 0 Å². The second-order valence-corrected chi connectivity index (χ2v) is 6.78. The fourth-order valence-electron chi connectivity index (χ4n) is 2.67. The van der Waals surface area contributed by atoms with Crippen LogP contribution in [0.1, 0.15) is 13.8 Å². The molecule has 2 N–H and O–H groups in total. The van der Waals surface area contributed by atoms with Crippen LogP contribution in [0.3, 0.4) is 0 Å². The molecule has 9 nitrogen and oxygen atoms in total. The molecule has 2 aromatic heterocycles. The quantitative estimate of drug-likeness (QED) is 0.481. The first-order chi connectivity index (χ1) is 11.8. The van der Waals surface area contributed by atoms with Gasteiger partial charge in [-0.25, -0.2) is 9.78 Å². The summed E-state index contributed by atoms with van der Waals surface area (Å²) in [7, 11) is -4.36. The molecule has 0 saturated heterocycles. The summed E-state index contributed by atoms with van der Waals surface area (Å²) in [6.45, 7) is 4.01. The first-order valence-electron chi connectivity index (χ1n) is 7.59. The zero-order valence-electron chi connectivity index (χ0n) is 14.6. The summed E-state index contributed by atoms with van der Waals surface area (Å²) in [4.78, 5) is 31.7. The van der Waals surface area contributed by atoms with Gasteiger partial charge in [-0.2, -0.15) is 8.42 Å². The summed E-state index contributed by atoms with van der Waals surface area (Å²) >= 11 is 0. The van der Waals surface area contributed by atoms with Crippen molar-refractivity contribution in [3.05, 3.63) is 45.1 Å². The topological polar surface area (TPSA) is 127 Å². The molecular weight excluding hydrogens is 387 g/mol. The number of H-pyrrole nitrogens is 1. The van der Waals surface area contributed by atoms with Crippen LogP contribution < -0.4 is 11.2 Å². The number of nitrogens with zero attached hydrogens (tertiary/aromatic N) is 3. The number of nitrogens with one attached hydrogen (secondary N) is 1. The molecule has 0 unspecified atom stereocenters. The van der Waals surface area contributed by atoms with Crippen molar-refractivity contribution in [2.45, 2.75) is 31.8 Å². The van der Waals surface area contributed by atoms with Gasteiger partial charge in [0.15, 0.2) is 5.65 Å². The van der Waals surface area contributed by atoms with E-state index in [-0.39, 0.29) is 79.8 Å². The number of rotatable bonds is 4. The Morgan fingerprint density at radius 3 is 2.38 bits per heavy atom. The Balaban J connectivity index is 0.00000243. The molecule has 0 aliphatic rings. The van der Waals surface area contributed by atoms with Crippen LogP contribution in [0.2, 0.25) is 0 Å². The minimum absolute atomic E-state index is 0. The Morgan fingerprint density at radius 1 is 1.15 bits per heavy atom. The van der Waals surface area contributed by atoms with Crippen LogP contribution in [-0.2, 0) is 23.2 Å². The molecule has 0 aliphatic carbocycles. The largest absolute Gasteiger partial charge is 0.332 e. The molecule has 1 radical (unpaired) electrons. The van der Waals surface area contributed by atoms with E-state index in [2.05, 4.69) is 9.97 Å². The zero-order valence-corrected chi connectivity index (χ0v) is 18.5. The average molecular weight is 403 g/mol. The normalized spacial score (nSPS) is 11.5. The van der Waals surface area contributed by atoms with Gasteiger partial charge < -0.3 is 4.98 Å². The van der Waals surface area contributed by atoms with Gasteiger partial charge in [0.05, 0.1) is 4.90 Å². The standard InChI is InChI=1S/C15H16N4O5S.K/c1-3-18-13-11(14(20)19(4-2)15(18)21)16-12(17-13)9-6-5-7-10(8-9)25(22,23)24;/h5-8H,3-4H2,1-2H3,(H,16,17)(H,22,23,24);. The number of benzene rings is 1. The molecule has 11 heteroatoms. The Bertz CT molecular complexity index is 1190. The maximum atomic E-state index is 12.5. The van der Waals surface area contributed by atoms with Crippen LogP contribution in [0.4, 0.5) is 0 Å². The van der Waals surface area contributed by atoms with Gasteiger partial charge in [-0.05, 0) is 26.0 Å². The van der Waals surface area contributed by atoms with Gasteiger partial charge in [0.2, 0.25) is 0 Å². The van der Waals surface area contributed by atoms with Crippen LogP contribution in [0, 0.1) is 0 Å². The molecule has 0 bridgehead atoms. The van der Waals surface area contributed by atoms with Crippen LogP contribution >= 0.6 is 0 Å². The van der Waals surface area contributed by atoms with Crippen molar-refractivity contribution in [3.63, 3.8) is 0 Å². The molecule has 0 fully saturated rings. The van der Waals surface area contributed by atoms with Crippen molar-refractivity contribution in [2.75, 3.05) is 0 Å². The van der Waals surface area contributed by atoms with Crippen molar-refractivity contribution in [1.29, 1.82) is 0 Å². The molecule has 1 aromatic carbocycles. The van der Waals surface area contributed by atoms with Crippen molar-refractivity contribution < 1.29 is 13.0 Å². The van der Waals surface area contributed by atoms with Gasteiger partial charge in [-0.1, -0.05) is 12.1 Å². The van der Waals surface area contributed by atoms with E-state index in [1.54, 1.807) is 19.9 Å². The van der Waals surface area contributed by atoms with E-state index in [1.807, 2.05) is 0 Å². The average Bonchev–Trinajstić information content (AvgIpc) is 3.00. The molecule has 0 atom stereocenters. The minimum atomic E-state index is -4.36. The first-order valence-corrected chi connectivity index (χ1v) is 9.03. The third-order valence-corrected chi connectivity index (χ3v) is 4.75. The van der Waals surface area contributed by atoms with Crippen LogP contribution in [0.5, 0.6) is 0 Å². The summed E-state index contributed by atoms with van der Waals surface area (Å²) < 4.78 is 34.2. The summed E-state index contributed by atoms with van der Waals surface area (Å²) in [6, 6.07) is 5.51. The molecule has 3 rings (SSSR count). The van der Waals surface area contributed by atoms with E-state index in [4.69, 9.17) is 0 Å². The number of aromatic nitrogens is 4. The van der Waals surface area contributed by atoms with Crippen molar-refractivity contribution >= 4 is 72.7 Å². The molecule has 3 aromatic rings. The van der Waals surface area contributed by atoms with Gasteiger partial charge in [0.1, 0.15) is 11.3 Å². The maximum Gasteiger partial charge on any atom is 0.332 e. The van der Waals surface area contributed by atoms with E-state index >= 15 is 0 Å². The molecule has 0 aliphatic heterocycles. The van der Waals surface area contributed by atoms with Crippen LogP contribution in [0.25, 0.3) is 22.6 Å². The predicted molar refractivity (Wildman–Crippen MR) is 97.0 cm³/mol. The molecular formula is C15H16KN4O5S. The molecule has 0 amide bonds. The van der Waals surface area contributed by atoms with Crippen LogP contribution in [-0.4, -0.2) is 83.5 Å². The van der Waals surface area contributed by atoms with Crippen molar-refractivity contribution in [1.82, 2.24) is 19.1 Å². The van der Waals surface area contributed by atoms with Gasteiger partial charge >= 0.3 is 5.69 Å². The first kappa shape index (κ1) is 21.2. The molecule has 133 valence electrons. The number of aryl methyl sites for hydroxylation is 1. The summed E-state index contributed by atoms with van der Waals surface area (Å²) in [5.41, 5.74) is -0.210. The minimum Gasteiger partial charge on any atom is -0.332 e. The monoisotopic (exact) mass is 403 g/mol. The predicted octanol–water partition coefficient (Wildman–Crippen LogP) is 0.459. The van der Waals surface area contributed by atoms with E-state index in [9.17, 15) is 22.6 Å². The smallest absolute Gasteiger partial charge is 0.332 e. The number of fused-ring (bicyclic) bond motifs is 1. The molecule has 0 spiro atoms. The third kappa shape index (κ3) is 3.65. The molecule has 2 heterocycles. The third-order valence-electron chi connectivity index (χ3n) is 3.90. The number of imidazole rings is 1. The van der Waals surface area contributed by atoms with Crippen molar-refractivity contribution in [3.8, 4) is 11.4 Å². The van der Waals surface area contributed by atoms with Gasteiger partial charge in [0.25, 0.3) is 15.7 Å². The van der Waals surface area contributed by atoms with E-state index < -0.39 is 21.4 Å². The summed E-state index contributed by atoms with van der Waals surface area (Å²) in [5, 5.41) is 0. The Morgan fingerprint density at radius 2 is 1.81 bits per heavy atom. The SMILES string of the molecule is CCn1c(=O)c2[nH]c(-c3cccc(S(=O)(=O)O)c3)nc2n(CC)c1=O.[K]. The zero-order chi connectivity index (χ0) is 18.4. The number of aromatic amines is 1. The fourth-order valence-corrected chi connectivity index (χ4v) is 3.20. The maximum absolute atomic E-state index is 12.5. The van der Waals surface area contributed by atoms with E-state index in [0.717, 1.165) is 4.57 Å².